The highest BCUT2D eigenvalue weighted by atomic mass is 32.1. The van der Waals surface area contributed by atoms with E-state index >= 15 is 0 Å². The van der Waals surface area contributed by atoms with Crippen molar-refractivity contribution in [2.75, 3.05) is 13.1 Å². The average Bonchev–Trinajstić information content (AvgIpc) is 3.36. The molecular formula is C20H18F2N2O2S2. The lowest BCUT2D eigenvalue weighted by atomic mass is 10.1. The third-order valence-electron chi connectivity index (χ3n) is 4.60. The number of ether oxygens (including phenoxy) is 1. The number of nitrogens with zero attached hydrogens (tertiary/aromatic N) is 2. The van der Waals surface area contributed by atoms with Crippen molar-refractivity contribution in [3.63, 3.8) is 0 Å². The number of benzene rings is 1. The Morgan fingerprint density at radius 1 is 1.21 bits per heavy atom. The van der Waals surface area contributed by atoms with Crippen LogP contribution in [0.3, 0.4) is 0 Å². The lowest BCUT2D eigenvalue weighted by Gasteiger charge is -2.32. The van der Waals surface area contributed by atoms with E-state index in [0.717, 1.165) is 21.6 Å². The molecule has 0 aliphatic carbocycles. The van der Waals surface area contributed by atoms with Gasteiger partial charge in [0.25, 0.3) is 0 Å². The zero-order valence-electron chi connectivity index (χ0n) is 14.9. The lowest BCUT2D eigenvalue weighted by molar-refractivity contribution is -0.132. The van der Waals surface area contributed by atoms with Crippen molar-refractivity contribution < 1.29 is 18.3 Å². The van der Waals surface area contributed by atoms with Crippen LogP contribution in [-0.2, 0) is 11.2 Å². The Kier molecular flexibility index (Phi) is 5.68. The van der Waals surface area contributed by atoms with E-state index in [9.17, 15) is 13.6 Å². The van der Waals surface area contributed by atoms with Crippen LogP contribution in [0.4, 0.5) is 8.78 Å². The molecule has 1 aliphatic rings. The minimum absolute atomic E-state index is 0.0365. The van der Waals surface area contributed by atoms with Gasteiger partial charge in [-0.15, -0.1) is 22.7 Å². The van der Waals surface area contributed by atoms with Gasteiger partial charge < -0.3 is 9.64 Å². The SMILES string of the molecule is O=C(Cc1csc(-c2cccs2)n1)N1CCC(Oc2ccc(F)cc2F)CC1. The van der Waals surface area contributed by atoms with Gasteiger partial charge in [-0.1, -0.05) is 6.07 Å². The number of piperidine rings is 1. The maximum atomic E-state index is 13.7. The van der Waals surface area contributed by atoms with Crippen molar-refractivity contribution in [1.29, 1.82) is 0 Å². The molecule has 146 valence electrons. The molecule has 1 amide bonds. The summed E-state index contributed by atoms with van der Waals surface area (Å²) in [6.07, 6.45) is 1.31. The van der Waals surface area contributed by atoms with Gasteiger partial charge in [0.1, 0.15) is 16.9 Å². The highest BCUT2D eigenvalue weighted by molar-refractivity contribution is 7.20. The van der Waals surface area contributed by atoms with Gasteiger partial charge in [-0.2, -0.15) is 0 Å². The van der Waals surface area contributed by atoms with Crippen LogP contribution in [0.2, 0.25) is 0 Å². The summed E-state index contributed by atoms with van der Waals surface area (Å²) in [5.74, 6) is -1.25. The van der Waals surface area contributed by atoms with E-state index < -0.39 is 11.6 Å². The average molecular weight is 421 g/mol. The summed E-state index contributed by atoms with van der Waals surface area (Å²) in [5, 5.41) is 4.87. The number of carbonyl (C=O) groups is 1. The molecule has 0 N–H and O–H groups in total. The molecule has 1 aliphatic heterocycles. The van der Waals surface area contributed by atoms with Crippen molar-refractivity contribution in [2.45, 2.75) is 25.4 Å². The fourth-order valence-electron chi connectivity index (χ4n) is 3.14. The molecule has 0 bridgehead atoms. The number of hydrogen-bond donors (Lipinski definition) is 0. The molecule has 8 heteroatoms. The second-order valence-corrected chi connectivity index (χ2v) is 8.38. The van der Waals surface area contributed by atoms with E-state index in [0.29, 0.717) is 25.9 Å². The Balaban J connectivity index is 1.29. The van der Waals surface area contributed by atoms with Crippen molar-refractivity contribution in [3.05, 3.63) is 58.4 Å². The largest absolute Gasteiger partial charge is 0.487 e. The van der Waals surface area contributed by atoms with Gasteiger partial charge in [-0.3, -0.25) is 4.79 Å². The zero-order chi connectivity index (χ0) is 19.5. The maximum Gasteiger partial charge on any atom is 0.228 e. The minimum atomic E-state index is -0.705. The molecule has 1 aromatic carbocycles. The summed E-state index contributed by atoms with van der Waals surface area (Å²) in [6.45, 7) is 1.10. The number of amides is 1. The summed E-state index contributed by atoms with van der Waals surface area (Å²) in [6, 6.07) is 7.29. The first-order valence-electron chi connectivity index (χ1n) is 8.96. The third kappa shape index (κ3) is 4.39. The minimum Gasteiger partial charge on any atom is -0.487 e. The molecule has 3 aromatic rings. The van der Waals surface area contributed by atoms with E-state index in [1.165, 1.54) is 12.1 Å². The van der Waals surface area contributed by atoms with Crippen LogP contribution in [0.5, 0.6) is 5.75 Å². The van der Waals surface area contributed by atoms with Gasteiger partial charge in [0.2, 0.25) is 5.91 Å². The molecule has 0 spiro atoms. The summed E-state index contributed by atoms with van der Waals surface area (Å²) in [4.78, 5) is 20.0. The summed E-state index contributed by atoms with van der Waals surface area (Å²) in [7, 11) is 0. The standard InChI is InChI=1S/C20H18F2N2O2S2/c21-13-3-4-17(16(22)10-13)26-15-5-7-24(8-6-15)19(25)11-14-12-28-20(23-14)18-2-1-9-27-18/h1-4,9-10,12,15H,5-8,11H2. The Labute approximate surface area is 169 Å². The van der Waals surface area contributed by atoms with E-state index in [1.807, 2.05) is 22.9 Å². The molecule has 3 heterocycles. The van der Waals surface area contributed by atoms with Crippen LogP contribution in [0.25, 0.3) is 9.88 Å². The monoisotopic (exact) mass is 420 g/mol. The first-order valence-corrected chi connectivity index (χ1v) is 10.7. The molecule has 0 unspecified atom stereocenters. The second-order valence-electron chi connectivity index (χ2n) is 6.57. The van der Waals surface area contributed by atoms with Crippen LogP contribution in [0.1, 0.15) is 18.5 Å². The van der Waals surface area contributed by atoms with Gasteiger partial charge >= 0.3 is 0 Å². The summed E-state index contributed by atoms with van der Waals surface area (Å²) >= 11 is 3.18. The highest BCUT2D eigenvalue weighted by Crippen LogP contribution is 2.28. The number of carbonyl (C=O) groups excluding carboxylic acids is 1. The van der Waals surface area contributed by atoms with Gasteiger partial charge in [0.05, 0.1) is 17.0 Å². The first kappa shape index (κ1) is 19.0. The molecule has 0 radical (unpaired) electrons. The summed E-state index contributed by atoms with van der Waals surface area (Å²) < 4.78 is 32.3. The number of rotatable bonds is 5. The molecule has 1 saturated heterocycles. The zero-order valence-corrected chi connectivity index (χ0v) is 16.6. The number of aromatic nitrogens is 1. The van der Waals surface area contributed by atoms with Crippen LogP contribution in [0.15, 0.2) is 41.1 Å². The Morgan fingerprint density at radius 3 is 2.75 bits per heavy atom. The molecule has 2 aromatic heterocycles. The van der Waals surface area contributed by atoms with Crippen LogP contribution in [-0.4, -0.2) is 35.0 Å². The van der Waals surface area contributed by atoms with Gasteiger partial charge in [-0.25, -0.2) is 13.8 Å². The fourth-order valence-corrected chi connectivity index (χ4v) is 4.78. The van der Waals surface area contributed by atoms with Crippen molar-refractivity contribution >= 4 is 28.6 Å². The molecular weight excluding hydrogens is 402 g/mol. The van der Waals surface area contributed by atoms with Gasteiger partial charge in [0.15, 0.2) is 11.6 Å². The number of hydrogen-bond acceptors (Lipinski definition) is 5. The molecule has 0 saturated carbocycles. The number of thiophene rings is 1. The van der Waals surface area contributed by atoms with E-state index in [2.05, 4.69) is 4.98 Å². The Morgan fingerprint density at radius 2 is 2.04 bits per heavy atom. The van der Waals surface area contributed by atoms with Crippen LogP contribution in [0, 0.1) is 11.6 Å². The van der Waals surface area contributed by atoms with Crippen molar-refractivity contribution in [2.24, 2.45) is 0 Å². The second kappa shape index (κ2) is 8.36. The predicted molar refractivity (Wildman–Crippen MR) is 106 cm³/mol. The van der Waals surface area contributed by atoms with E-state index in [-0.39, 0.29) is 24.2 Å². The number of halogens is 2. The van der Waals surface area contributed by atoms with Crippen LogP contribution >= 0.6 is 22.7 Å². The normalized spacial score (nSPS) is 15.0. The Hall–Kier alpha value is -2.32. The lowest BCUT2D eigenvalue weighted by Crippen LogP contribution is -2.42. The van der Waals surface area contributed by atoms with Crippen molar-refractivity contribution in [3.8, 4) is 15.6 Å². The van der Waals surface area contributed by atoms with Crippen molar-refractivity contribution in [1.82, 2.24) is 9.88 Å². The quantitative estimate of drug-likeness (QED) is 0.598. The summed E-state index contributed by atoms with van der Waals surface area (Å²) in [5.41, 5.74) is 0.783. The van der Waals surface area contributed by atoms with E-state index in [1.54, 1.807) is 27.6 Å². The predicted octanol–water partition coefficient (Wildman–Crippen LogP) is 4.76. The molecule has 0 atom stereocenters. The van der Waals surface area contributed by atoms with Gasteiger partial charge in [0, 0.05) is 37.4 Å². The first-order chi connectivity index (χ1) is 13.6. The number of thiazole rings is 1. The molecule has 28 heavy (non-hydrogen) atoms. The number of likely N-dealkylation sites (tertiary alicyclic amines) is 1. The fraction of sp³-hybridized carbons (Fsp3) is 0.300. The van der Waals surface area contributed by atoms with Crippen LogP contribution < -0.4 is 4.74 Å². The maximum absolute atomic E-state index is 13.7. The van der Waals surface area contributed by atoms with E-state index in [4.69, 9.17) is 4.74 Å². The Bertz CT molecular complexity index is 951. The smallest absolute Gasteiger partial charge is 0.228 e. The topological polar surface area (TPSA) is 42.4 Å². The molecule has 4 nitrogen and oxygen atoms in total. The molecule has 4 rings (SSSR count). The third-order valence-corrected chi connectivity index (χ3v) is 6.53. The molecule has 1 fully saturated rings. The highest BCUT2D eigenvalue weighted by Gasteiger charge is 2.25. The van der Waals surface area contributed by atoms with Gasteiger partial charge in [-0.05, 0) is 23.6 Å².